The van der Waals surface area contributed by atoms with E-state index in [1.54, 1.807) is 11.3 Å². The molecule has 1 N–H and O–H groups in total. The first kappa shape index (κ1) is 19.8. The van der Waals surface area contributed by atoms with Crippen molar-refractivity contribution in [2.75, 3.05) is 44.6 Å². The minimum absolute atomic E-state index is 0.0220. The standard InChI is InChI=1S/C22H26N4O2S/c1-2-28-18-9-7-17(8-10-18)23-21(27)15-25-11-13-26(14-12-25)16-22-24-19-5-3-4-6-20(19)29-22/h3-10H,2,11-16H2,1H3,(H,23,27). The molecule has 0 radical (unpaired) electrons. The average Bonchev–Trinajstić information content (AvgIpc) is 3.13. The molecule has 1 aromatic heterocycles. The number of hydrogen-bond donors (Lipinski definition) is 1. The SMILES string of the molecule is CCOc1ccc(NC(=O)CN2CCN(Cc3nc4ccccc4s3)CC2)cc1. The summed E-state index contributed by atoms with van der Waals surface area (Å²) in [5.74, 6) is 0.837. The average molecular weight is 411 g/mol. The Kier molecular flexibility index (Phi) is 6.39. The number of benzene rings is 2. The Morgan fingerprint density at radius 1 is 1.07 bits per heavy atom. The van der Waals surface area contributed by atoms with E-state index in [1.807, 2.05) is 37.3 Å². The molecule has 29 heavy (non-hydrogen) atoms. The van der Waals surface area contributed by atoms with Gasteiger partial charge in [0.25, 0.3) is 0 Å². The molecule has 2 heterocycles. The van der Waals surface area contributed by atoms with Gasteiger partial charge in [-0.15, -0.1) is 11.3 Å². The normalized spacial score (nSPS) is 15.5. The number of carbonyl (C=O) groups excluding carboxylic acids is 1. The highest BCUT2D eigenvalue weighted by molar-refractivity contribution is 7.18. The molecule has 0 aliphatic carbocycles. The van der Waals surface area contributed by atoms with Crippen molar-refractivity contribution in [2.24, 2.45) is 0 Å². The smallest absolute Gasteiger partial charge is 0.238 e. The second-order valence-corrected chi connectivity index (χ2v) is 8.25. The number of carbonyl (C=O) groups is 1. The molecule has 0 bridgehead atoms. The first-order chi connectivity index (χ1) is 14.2. The monoisotopic (exact) mass is 410 g/mol. The zero-order chi connectivity index (χ0) is 20.1. The van der Waals surface area contributed by atoms with Crippen LogP contribution in [0.1, 0.15) is 11.9 Å². The Hall–Kier alpha value is -2.48. The number of para-hydroxylation sites is 1. The summed E-state index contributed by atoms with van der Waals surface area (Å²) in [6.07, 6.45) is 0. The molecule has 0 spiro atoms. The van der Waals surface area contributed by atoms with Gasteiger partial charge in [-0.1, -0.05) is 12.1 Å². The number of fused-ring (bicyclic) bond motifs is 1. The molecule has 2 aromatic carbocycles. The van der Waals surface area contributed by atoms with Gasteiger partial charge in [0.2, 0.25) is 5.91 Å². The molecular weight excluding hydrogens is 384 g/mol. The number of amides is 1. The number of hydrogen-bond acceptors (Lipinski definition) is 6. The molecule has 7 heteroatoms. The number of nitrogens with zero attached hydrogens (tertiary/aromatic N) is 3. The fourth-order valence-electron chi connectivity index (χ4n) is 3.49. The molecule has 1 amide bonds. The van der Waals surface area contributed by atoms with Gasteiger partial charge in [0.05, 0.1) is 29.9 Å². The van der Waals surface area contributed by atoms with Crippen molar-refractivity contribution in [3.05, 3.63) is 53.5 Å². The summed E-state index contributed by atoms with van der Waals surface area (Å²) in [5.41, 5.74) is 1.88. The Balaban J connectivity index is 1.22. The quantitative estimate of drug-likeness (QED) is 0.647. The molecule has 1 saturated heterocycles. The first-order valence-electron chi connectivity index (χ1n) is 10.0. The fourth-order valence-corrected chi connectivity index (χ4v) is 4.50. The van der Waals surface area contributed by atoms with Gasteiger partial charge in [-0.25, -0.2) is 4.98 Å². The maximum absolute atomic E-state index is 12.4. The Morgan fingerprint density at radius 2 is 1.79 bits per heavy atom. The van der Waals surface area contributed by atoms with Crippen LogP contribution in [0, 0.1) is 0 Å². The molecule has 1 fully saturated rings. The Labute approximate surface area is 175 Å². The number of piperazine rings is 1. The van der Waals surface area contributed by atoms with E-state index in [2.05, 4.69) is 33.3 Å². The molecule has 152 valence electrons. The lowest BCUT2D eigenvalue weighted by Gasteiger charge is -2.33. The van der Waals surface area contributed by atoms with E-state index < -0.39 is 0 Å². The second kappa shape index (κ2) is 9.35. The van der Waals surface area contributed by atoms with Crippen LogP contribution < -0.4 is 10.1 Å². The minimum Gasteiger partial charge on any atom is -0.494 e. The summed E-state index contributed by atoms with van der Waals surface area (Å²) >= 11 is 1.77. The van der Waals surface area contributed by atoms with Crippen LogP contribution in [0.3, 0.4) is 0 Å². The molecule has 1 aliphatic rings. The summed E-state index contributed by atoms with van der Waals surface area (Å²) < 4.78 is 6.67. The number of nitrogens with one attached hydrogen (secondary N) is 1. The number of rotatable bonds is 7. The van der Waals surface area contributed by atoms with E-state index in [4.69, 9.17) is 9.72 Å². The van der Waals surface area contributed by atoms with Crippen molar-refractivity contribution in [1.82, 2.24) is 14.8 Å². The summed E-state index contributed by atoms with van der Waals surface area (Å²) in [7, 11) is 0. The van der Waals surface area contributed by atoms with Crippen LogP contribution in [-0.4, -0.2) is 60.0 Å². The molecule has 3 aromatic rings. The second-order valence-electron chi connectivity index (χ2n) is 7.13. The molecular formula is C22H26N4O2S. The molecule has 4 rings (SSSR count). The Bertz CT molecular complexity index is 916. The highest BCUT2D eigenvalue weighted by atomic mass is 32.1. The van der Waals surface area contributed by atoms with Crippen LogP contribution in [0.5, 0.6) is 5.75 Å². The lowest BCUT2D eigenvalue weighted by atomic mass is 10.3. The Morgan fingerprint density at radius 3 is 2.52 bits per heavy atom. The van der Waals surface area contributed by atoms with E-state index in [9.17, 15) is 4.79 Å². The van der Waals surface area contributed by atoms with Crippen LogP contribution in [0.2, 0.25) is 0 Å². The lowest BCUT2D eigenvalue weighted by Crippen LogP contribution is -2.48. The van der Waals surface area contributed by atoms with Crippen LogP contribution in [0.4, 0.5) is 5.69 Å². The van der Waals surface area contributed by atoms with Gasteiger partial charge >= 0.3 is 0 Å². The number of anilines is 1. The van der Waals surface area contributed by atoms with E-state index in [1.165, 1.54) is 4.70 Å². The first-order valence-corrected chi connectivity index (χ1v) is 10.8. The van der Waals surface area contributed by atoms with Crippen LogP contribution in [0.25, 0.3) is 10.2 Å². The summed E-state index contributed by atoms with van der Waals surface area (Å²) in [5, 5.41) is 4.13. The van der Waals surface area contributed by atoms with Crippen LogP contribution >= 0.6 is 11.3 Å². The van der Waals surface area contributed by atoms with Crippen molar-refractivity contribution < 1.29 is 9.53 Å². The van der Waals surface area contributed by atoms with Gasteiger partial charge < -0.3 is 10.1 Å². The van der Waals surface area contributed by atoms with E-state index in [0.717, 1.165) is 54.7 Å². The van der Waals surface area contributed by atoms with Crippen molar-refractivity contribution in [2.45, 2.75) is 13.5 Å². The lowest BCUT2D eigenvalue weighted by molar-refractivity contribution is -0.117. The zero-order valence-electron chi connectivity index (χ0n) is 16.6. The number of aromatic nitrogens is 1. The predicted molar refractivity (Wildman–Crippen MR) is 118 cm³/mol. The van der Waals surface area contributed by atoms with Crippen molar-refractivity contribution in [1.29, 1.82) is 0 Å². The van der Waals surface area contributed by atoms with Gasteiger partial charge in [-0.05, 0) is 43.3 Å². The largest absolute Gasteiger partial charge is 0.494 e. The summed E-state index contributed by atoms with van der Waals surface area (Å²) in [6, 6.07) is 15.8. The predicted octanol–water partition coefficient (Wildman–Crippen LogP) is 3.45. The fraction of sp³-hybridized carbons (Fsp3) is 0.364. The molecule has 6 nitrogen and oxygen atoms in total. The van der Waals surface area contributed by atoms with Crippen molar-refractivity contribution >= 4 is 33.1 Å². The van der Waals surface area contributed by atoms with Crippen molar-refractivity contribution in [3.63, 3.8) is 0 Å². The molecule has 0 unspecified atom stereocenters. The van der Waals surface area contributed by atoms with E-state index in [-0.39, 0.29) is 5.91 Å². The third-order valence-electron chi connectivity index (χ3n) is 4.98. The van der Waals surface area contributed by atoms with Gasteiger partial charge in [-0.2, -0.15) is 0 Å². The van der Waals surface area contributed by atoms with Gasteiger partial charge in [0.1, 0.15) is 10.8 Å². The third kappa shape index (κ3) is 5.32. The highest BCUT2D eigenvalue weighted by Crippen LogP contribution is 2.23. The summed E-state index contributed by atoms with van der Waals surface area (Å²) in [4.78, 5) is 21.7. The zero-order valence-corrected chi connectivity index (χ0v) is 17.5. The highest BCUT2D eigenvalue weighted by Gasteiger charge is 2.20. The number of ether oxygens (including phenoxy) is 1. The van der Waals surface area contributed by atoms with Crippen LogP contribution in [0.15, 0.2) is 48.5 Å². The summed E-state index contributed by atoms with van der Waals surface area (Å²) in [6.45, 7) is 7.57. The molecule has 1 aliphatic heterocycles. The number of thiazole rings is 1. The van der Waals surface area contributed by atoms with E-state index >= 15 is 0 Å². The molecule has 0 saturated carbocycles. The van der Waals surface area contributed by atoms with Gasteiger partial charge in [0.15, 0.2) is 0 Å². The van der Waals surface area contributed by atoms with Gasteiger partial charge in [-0.3, -0.25) is 14.6 Å². The maximum Gasteiger partial charge on any atom is 0.238 e. The molecule has 0 atom stereocenters. The van der Waals surface area contributed by atoms with Gasteiger partial charge in [0, 0.05) is 31.9 Å². The van der Waals surface area contributed by atoms with E-state index in [0.29, 0.717) is 13.2 Å². The third-order valence-corrected chi connectivity index (χ3v) is 6.00. The van der Waals surface area contributed by atoms with Crippen molar-refractivity contribution in [3.8, 4) is 5.75 Å². The topological polar surface area (TPSA) is 57.7 Å². The minimum atomic E-state index is 0.0220. The van der Waals surface area contributed by atoms with Crippen LogP contribution in [-0.2, 0) is 11.3 Å². The maximum atomic E-state index is 12.4.